The van der Waals surface area contributed by atoms with E-state index in [9.17, 15) is 4.79 Å². The highest BCUT2D eigenvalue weighted by Crippen LogP contribution is 2.45. The standard InChI is InChI=1S/C12H18O2/c1-8(2)9-4-5-12(3)7-11(13)14-10(12)6-9/h6,8,10H,4-5,7H2,1-3H3/t10-,12-/m0/s1. The molecule has 1 aliphatic heterocycles. The molecule has 2 rings (SSSR count). The van der Waals surface area contributed by atoms with Crippen LogP contribution in [-0.2, 0) is 9.53 Å². The predicted molar refractivity (Wildman–Crippen MR) is 54.8 cm³/mol. The third-order valence-electron chi connectivity index (χ3n) is 3.59. The van der Waals surface area contributed by atoms with Crippen LogP contribution in [0.4, 0.5) is 0 Å². The third kappa shape index (κ3) is 1.47. The molecule has 0 saturated carbocycles. The molecule has 0 spiro atoms. The van der Waals surface area contributed by atoms with E-state index in [1.54, 1.807) is 0 Å². The summed E-state index contributed by atoms with van der Waals surface area (Å²) < 4.78 is 5.33. The van der Waals surface area contributed by atoms with Crippen LogP contribution in [0.1, 0.15) is 40.0 Å². The summed E-state index contributed by atoms with van der Waals surface area (Å²) in [4.78, 5) is 11.2. The number of hydrogen-bond donors (Lipinski definition) is 0. The maximum absolute atomic E-state index is 11.2. The molecule has 1 aliphatic carbocycles. The molecule has 1 fully saturated rings. The van der Waals surface area contributed by atoms with Crippen LogP contribution in [0.3, 0.4) is 0 Å². The summed E-state index contributed by atoms with van der Waals surface area (Å²) in [6.07, 6.45) is 5.04. The van der Waals surface area contributed by atoms with E-state index in [4.69, 9.17) is 4.74 Å². The highest BCUT2D eigenvalue weighted by Gasteiger charge is 2.46. The second kappa shape index (κ2) is 3.11. The van der Waals surface area contributed by atoms with Crippen molar-refractivity contribution in [3.63, 3.8) is 0 Å². The highest BCUT2D eigenvalue weighted by atomic mass is 16.6. The van der Waals surface area contributed by atoms with Gasteiger partial charge in [-0.1, -0.05) is 26.3 Å². The molecule has 78 valence electrons. The van der Waals surface area contributed by atoms with E-state index in [1.165, 1.54) is 5.57 Å². The summed E-state index contributed by atoms with van der Waals surface area (Å²) in [5.74, 6) is 0.553. The maximum atomic E-state index is 11.2. The fraction of sp³-hybridized carbons (Fsp3) is 0.750. The summed E-state index contributed by atoms with van der Waals surface area (Å²) in [6.45, 7) is 6.56. The average molecular weight is 194 g/mol. The number of rotatable bonds is 1. The van der Waals surface area contributed by atoms with Crippen LogP contribution in [-0.4, -0.2) is 12.1 Å². The number of allylic oxidation sites excluding steroid dienone is 1. The molecule has 0 N–H and O–H groups in total. The van der Waals surface area contributed by atoms with E-state index in [0.29, 0.717) is 12.3 Å². The van der Waals surface area contributed by atoms with Crippen molar-refractivity contribution in [2.45, 2.75) is 46.1 Å². The quantitative estimate of drug-likeness (QED) is 0.474. The number of carbonyl (C=O) groups excluding carboxylic acids is 1. The predicted octanol–water partition coefficient (Wildman–Crippen LogP) is 2.68. The Morgan fingerprint density at radius 1 is 1.57 bits per heavy atom. The molecular formula is C12H18O2. The van der Waals surface area contributed by atoms with Crippen molar-refractivity contribution in [2.75, 3.05) is 0 Å². The minimum atomic E-state index is -0.0289. The van der Waals surface area contributed by atoms with Crippen molar-refractivity contribution in [1.82, 2.24) is 0 Å². The normalized spacial score (nSPS) is 36.7. The van der Waals surface area contributed by atoms with Gasteiger partial charge < -0.3 is 4.74 Å². The fourth-order valence-electron chi connectivity index (χ4n) is 2.41. The molecular weight excluding hydrogens is 176 g/mol. The summed E-state index contributed by atoms with van der Waals surface area (Å²) in [7, 11) is 0. The average Bonchev–Trinajstić information content (AvgIpc) is 2.37. The van der Waals surface area contributed by atoms with Crippen molar-refractivity contribution in [1.29, 1.82) is 0 Å². The number of carbonyl (C=O) groups is 1. The van der Waals surface area contributed by atoms with E-state index in [1.807, 2.05) is 0 Å². The van der Waals surface area contributed by atoms with Crippen LogP contribution >= 0.6 is 0 Å². The Bertz CT molecular complexity index is 291. The lowest BCUT2D eigenvalue weighted by Gasteiger charge is -2.33. The monoisotopic (exact) mass is 194 g/mol. The lowest BCUT2D eigenvalue weighted by atomic mass is 9.72. The Labute approximate surface area is 85.3 Å². The first-order chi connectivity index (χ1) is 6.51. The van der Waals surface area contributed by atoms with Crippen LogP contribution in [0.2, 0.25) is 0 Å². The molecule has 0 aromatic carbocycles. The Kier molecular flexibility index (Phi) is 2.17. The van der Waals surface area contributed by atoms with Gasteiger partial charge in [-0.25, -0.2) is 0 Å². The summed E-state index contributed by atoms with van der Waals surface area (Å²) in [6, 6.07) is 0. The SMILES string of the molecule is CC(C)C1=C[C@@H]2OC(=O)C[C@]2(C)CC1. The number of hydrogen-bond acceptors (Lipinski definition) is 2. The molecule has 1 heterocycles. The van der Waals surface area contributed by atoms with Crippen molar-refractivity contribution < 1.29 is 9.53 Å². The van der Waals surface area contributed by atoms with Gasteiger partial charge in [-0.2, -0.15) is 0 Å². The van der Waals surface area contributed by atoms with E-state index in [-0.39, 0.29) is 17.5 Å². The first kappa shape index (κ1) is 9.75. The molecule has 0 bridgehead atoms. The van der Waals surface area contributed by atoms with E-state index >= 15 is 0 Å². The van der Waals surface area contributed by atoms with Gasteiger partial charge in [-0.05, 0) is 24.8 Å². The first-order valence-electron chi connectivity index (χ1n) is 5.41. The highest BCUT2D eigenvalue weighted by molar-refractivity contribution is 5.73. The number of fused-ring (bicyclic) bond motifs is 1. The fourth-order valence-corrected chi connectivity index (χ4v) is 2.41. The van der Waals surface area contributed by atoms with E-state index in [2.05, 4.69) is 26.8 Å². The van der Waals surface area contributed by atoms with Crippen LogP contribution in [0.15, 0.2) is 11.6 Å². The Hall–Kier alpha value is -0.790. The zero-order valence-electron chi connectivity index (χ0n) is 9.17. The molecule has 14 heavy (non-hydrogen) atoms. The van der Waals surface area contributed by atoms with Gasteiger partial charge in [0.05, 0.1) is 6.42 Å². The van der Waals surface area contributed by atoms with E-state index < -0.39 is 0 Å². The molecule has 0 unspecified atom stereocenters. The van der Waals surface area contributed by atoms with Gasteiger partial charge >= 0.3 is 5.97 Å². The molecule has 2 heteroatoms. The topological polar surface area (TPSA) is 26.3 Å². The molecule has 0 aromatic heterocycles. The number of ether oxygens (including phenoxy) is 1. The molecule has 0 amide bonds. The van der Waals surface area contributed by atoms with Gasteiger partial charge in [0, 0.05) is 5.41 Å². The summed E-state index contributed by atoms with van der Waals surface area (Å²) in [5, 5.41) is 0. The molecule has 2 aliphatic rings. The van der Waals surface area contributed by atoms with Crippen molar-refractivity contribution >= 4 is 5.97 Å². The van der Waals surface area contributed by atoms with Crippen molar-refractivity contribution in [3.8, 4) is 0 Å². The smallest absolute Gasteiger partial charge is 0.307 e. The minimum absolute atomic E-state index is 0.0289. The van der Waals surface area contributed by atoms with Gasteiger partial charge in [0.15, 0.2) is 0 Å². The first-order valence-corrected chi connectivity index (χ1v) is 5.41. The van der Waals surface area contributed by atoms with Crippen LogP contribution < -0.4 is 0 Å². The Balaban J connectivity index is 2.23. The molecule has 2 atom stereocenters. The van der Waals surface area contributed by atoms with Gasteiger partial charge in [-0.15, -0.1) is 0 Å². The van der Waals surface area contributed by atoms with Gasteiger partial charge in [0.1, 0.15) is 6.10 Å². The van der Waals surface area contributed by atoms with Crippen molar-refractivity contribution in [2.24, 2.45) is 11.3 Å². The lowest BCUT2D eigenvalue weighted by Crippen LogP contribution is -2.30. The third-order valence-corrected chi connectivity index (χ3v) is 3.59. The van der Waals surface area contributed by atoms with Crippen LogP contribution in [0.25, 0.3) is 0 Å². The second-order valence-electron chi connectivity index (χ2n) is 5.14. The second-order valence-corrected chi connectivity index (χ2v) is 5.14. The largest absolute Gasteiger partial charge is 0.457 e. The number of esters is 1. The zero-order valence-corrected chi connectivity index (χ0v) is 9.17. The Morgan fingerprint density at radius 3 is 2.93 bits per heavy atom. The minimum Gasteiger partial charge on any atom is -0.457 e. The zero-order chi connectivity index (χ0) is 10.3. The van der Waals surface area contributed by atoms with E-state index in [0.717, 1.165) is 12.8 Å². The Morgan fingerprint density at radius 2 is 2.29 bits per heavy atom. The van der Waals surface area contributed by atoms with Crippen LogP contribution in [0.5, 0.6) is 0 Å². The summed E-state index contributed by atoms with van der Waals surface area (Å²) in [5.41, 5.74) is 1.53. The van der Waals surface area contributed by atoms with Gasteiger partial charge in [0.25, 0.3) is 0 Å². The molecule has 2 nitrogen and oxygen atoms in total. The van der Waals surface area contributed by atoms with Gasteiger partial charge in [0.2, 0.25) is 0 Å². The maximum Gasteiger partial charge on any atom is 0.307 e. The molecule has 1 saturated heterocycles. The van der Waals surface area contributed by atoms with Crippen molar-refractivity contribution in [3.05, 3.63) is 11.6 Å². The van der Waals surface area contributed by atoms with Crippen LogP contribution in [0, 0.1) is 11.3 Å². The molecule has 0 radical (unpaired) electrons. The summed E-state index contributed by atoms with van der Waals surface area (Å²) >= 11 is 0. The molecule has 0 aromatic rings. The lowest BCUT2D eigenvalue weighted by molar-refractivity contribution is -0.140. The van der Waals surface area contributed by atoms with Gasteiger partial charge in [-0.3, -0.25) is 4.79 Å².